The molecule has 0 aromatic heterocycles. The number of carbonyl (C=O) groups is 1. The number of nitro benzene ring substituents is 1. The van der Waals surface area contributed by atoms with E-state index in [-0.39, 0.29) is 18.1 Å². The molecule has 0 atom stereocenters. The summed E-state index contributed by atoms with van der Waals surface area (Å²) in [4.78, 5) is 21.3. The Morgan fingerprint density at radius 3 is 2.29 bits per heavy atom. The molecule has 0 aliphatic rings. The van der Waals surface area contributed by atoms with E-state index in [0.717, 1.165) is 17.7 Å². The fraction of sp³-hybridized carbons (Fsp3) is 0.235. The van der Waals surface area contributed by atoms with Gasteiger partial charge in [-0.25, -0.2) is 4.79 Å². The van der Waals surface area contributed by atoms with Gasteiger partial charge in [0.25, 0.3) is 5.69 Å². The molecule has 0 saturated heterocycles. The average molecular weight is 333 g/mol. The predicted molar refractivity (Wildman–Crippen MR) is 88.7 cm³/mol. The zero-order valence-electron chi connectivity index (χ0n) is 13.7. The fourth-order valence-electron chi connectivity index (χ4n) is 1.88. The highest BCUT2D eigenvalue weighted by Crippen LogP contribution is 2.35. The molecule has 2 rings (SSSR count). The van der Waals surface area contributed by atoms with E-state index in [9.17, 15) is 14.9 Å². The summed E-state index contributed by atoms with van der Waals surface area (Å²) >= 11 is 0. The van der Waals surface area contributed by atoms with Gasteiger partial charge in [0.2, 0.25) is 0 Å². The van der Waals surface area contributed by atoms with Crippen molar-refractivity contribution < 1.29 is 24.3 Å². The Balaban J connectivity index is 0.00000139. The number of carboxylic acid groups (broad SMARTS) is 1. The Hall–Kier alpha value is -3.09. The lowest BCUT2D eigenvalue weighted by molar-refractivity contribution is -0.385. The second-order valence-corrected chi connectivity index (χ2v) is 4.36. The summed E-state index contributed by atoms with van der Waals surface area (Å²) in [5.74, 6) is -1.17. The van der Waals surface area contributed by atoms with Gasteiger partial charge in [-0.05, 0) is 5.56 Å². The number of nitrogens with zero attached hydrogens (tertiary/aromatic N) is 1. The van der Waals surface area contributed by atoms with Crippen molar-refractivity contribution in [2.24, 2.45) is 0 Å². The van der Waals surface area contributed by atoms with Gasteiger partial charge in [0.05, 0.1) is 18.1 Å². The number of hydrogen-bond donors (Lipinski definition) is 1. The van der Waals surface area contributed by atoms with Gasteiger partial charge in [0.15, 0.2) is 11.5 Å². The van der Waals surface area contributed by atoms with Gasteiger partial charge >= 0.3 is 5.97 Å². The van der Waals surface area contributed by atoms with Crippen molar-refractivity contribution >= 4 is 11.7 Å². The number of hydrogen-bond acceptors (Lipinski definition) is 5. The minimum Gasteiger partial charge on any atom is -0.493 e. The van der Waals surface area contributed by atoms with Gasteiger partial charge in [-0.15, -0.1) is 0 Å². The minimum atomic E-state index is -1.40. The van der Waals surface area contributed by atoms with E-state index in [0.29, 0.717) is 0 Å². The molecule has 0 spiro atoms. The van der Waals surface area contributed by atoms with Crippen LogP contribution in [-0.4, -0.2) is 23.1 Å². The van der Waals surface area contributed by atoms with E-state index < -0.39 is 22.1 Å². The van der Waals surface area contributed by atoms with Crippen LogP contribution >= 0.6 is 0 Å². The van der Waals surface area contributed by atoms with E-state index in [2.05, 4.69) is 0 Å². The molecule has 0 bridgehead atoms. The van der Waals surface area contributed by atoms with Crippen molar-refractivity contribution in [3.05, 3.63) is 63.7 Å². The third-order valence-corrected chi connectivity index (χ3v) is 2.95. The number of ether oxygens (including phenoxy) is 2. The summed E-state index contributed by atoms with van der Waals surface area (Å²) in [6.07, 6.45) is 0. The summed E-state index contributed by atoms with van der Waals surface area (Å²) < 4.78 is 10.6. The molecule has 128 valence electrons. The van der Waals surface area contributed by atoms with Crippen molar-refractivity contribution in [2.75, 3.05) is 7.11 Å². The lowest BCUT2D eigenvalue weighted by Gasteiger charge is -2.11. The first-order valence-electron chi connectivity index (χ1n) is 7.29. The van der Waals surface area contributed by atoms with E-state index in [4.69, 9.17) is 14.6 Å². The van der Waals surface area contributed by atoms with Crippen LogP contribution in [0.3, 0.4) is 0 Å². The van der Waals surface area contributed by atoms with Crippen molar-refractivity contribution in [3.8, 4) is 11.5 Å². The number of benzene rings is 2. The standard InChI is InChI=1S/C15H13NO6.C2H6/c1-21-13-7-11(15(17)18)12(16(19)20)8-14(13)22-9-10-5-3-2-4-6-10;1-2/h2-8H,9H2,1H3,(H,17,18);1-2H3. The topological polar surface area (TPSA) is 98.9 Å². The summed E-state index contributed by atoms with van der Waals surface area (Å²) in [6.45, 7) is 4.18. The zero-order valence-corrected chi connectivity index (χ0v) is 13.7. The van der Waals surface area contributed by atoms with E-state index in [1.807, 2.05) is 44.2 Å². The lowest BCUT2D eigenvalue weighted by Crippen LogP contribution is -2.05. The highest BCUT2D eigenvalue weighted by atomic mass is 16.6. The summed E-state index contributed by atoms with van der Waals surface area (Å²) in [7, 11) is 1.34. The predicted octanol–water partition coefficient (Wildman–Crippen LogP) is 3.91. The SMILES string of the molecule is CC.COc1cc(C(=O)O)c([N+](=O)[O-])cc1OCc1ccccc1. The van der Waals surface area contributed by atoms with Gasteiger partial charge in [0.1, 0.15) is 12.2 Å². The average Bonchev–Trinajstić information content (AvgIpc) is 2.61. The number of nitro groups is 1. The van der Waals surface area contributed by atoms with Crippen LogP contribution in [0.4, 0.5) is 5.69 Å². The molecule has 2 aromatic carbocycles. The third kappa shape index (κ3) is 4.70. The van der Waals surface area contributed by atoms with Crippen molar-refractivity contribution in [1.82, 2.24) is 0 Å². The quantitative estimate of drug-likeness (QED) is 0.635. The third-order valence-electron chi connectivity index (χ3n) is 2.95. The van der Waals surface area contributed by atoms with Gasteiger partial charge < -0.3 is 14.6 Å². The molecule has 0 heterocycles. The first-order chi connectivity index (χ1) is 11.5. The van der Waals surface area contributed by atoms with Crippen LogP contribution < -0.4 is 9.47 Å². The van der Waals surface area contributed by atoms with Crippen molar-refractivity contribution in [2.45, 2.75) is 20.5 Å². The van der Waals surface area contributed by atoms with Crippen LogP contribution in [-0.2, 0) is 6.61 Å². The number of methoxy groups -OCH3 is 1. The fourth-order valence-corrected chi connectivity index (χ4v) is 1.88. The number of aromatic carboxylic acids is 1. The molecule has 0 aliphatic carbocycles. The molecule has 0 unspecified atom stereocenters. The zero-order chi connectivity index (χ0) is 18.1. The molecule has 0 fully saturated rings. The summed E-state index contributed by atoms with van der Waals surface area (Å²) in [5.41, 5.74) is -0.125. The monoisotopic (exact) mass is 333 g/mol. The van der Waals surface area contributed by atoms with Gasteiger partial charge in [-0.2, -0.15) is 0 Å². The number of rotatable bonds is 6. The Labute approximate surface area is 139 Å². The Morgan fingerprint density at radius 2 is 1.79 bits per heavy atom. The molecule has 0 saturated carbocycles. The van der Waals surface area contributed by atoms with Crippen molar-refractivity contribution in [3.63, 3.8) is 0 Å². The lowest BCUT2D eigenvalue weighted by atomic mass is 10.1. The van der Waals surface area contributed by atoms with Gasteiger partial charge in [-0.1, -0.05) is 44.2 Å². The van der Waals surface area contributed by atoms with Crippen LogP contribution in [0.2, 0.25) is 0 Å². The Bertz CT molecular complexity index is 700. The molecular formula is C17H19NO6. The van der Waals surface area contributed by atoms with Crippen LogP contribution in [0.15, 0.2) is 42.5 Å². The smallest absolute Gasteiger partial charge is 0.342 e. The minimum absolute atomic E-state index is 0.114. The normalized spacial score (nSPS) is 9.46. The number of carboxylic acids is 1. The van der Waals surface area contributed by atoms with Crippen LogP contribution in [0, 0.1) is 10.1 Å². The largest absolute Gasteiger partial charge is 0.493 e. The van der Waals surface area contributed by atoms with Crippen LogP contribution in [0.5, 0.6) is 11.5 Å². The molecule has 7 nitrogen and oxygen atoms in total. The summed E-state index contributed by atoms with van der Waals surface area (Å²) in [6, 6.07) is 11.4. The molecule has 0 amide bonds. The first-order valence-corrected chi connectivity index (χ1v) is 7.29. The maximum Gasteiger partial charge on any atom is 0.342 e. The van der Waals surface area contributed by atoms with E-state index in [1.54, 1.807) is 0 Å². The maximum absolute atomic E-state index is 11.1. The molecule has 0 radical (unpaired) electrons. The van der Waals surface area contributed by atoms with Crippen LogP contribution in [0.1, 0.15) is 29.8 Å². The molecule has 7 heteroatoms. The molecule has 1 N–H and O–H groups in total. The Kier molecular flexibility index (Phi) is 7.22. The van der Waals surface area contributed by atoms with Gasteiger partial charge in [-0.3, -0.25) is 10.1 Å². The van der Waals surface area contributed by atoms with Crippen molar-refractivity contribution in [1.29, 1.82) is 0 Å². The molecule has 0 aliphatic heterocycles. The van der Waals surface area contributed by atoms with E-state index in [1.165, 1.54) is 7.11 Å². The first kappa shape index (κ1) is 19.0. The van der Waals surface area contributed by atoms with Crippen LogP contribution in [0.25, 0.3) is 0 Å². The highest BCUT2D eigenvalue weighted by Gasteiger charge is 2.24. The van der Waals surface area contributed by atoms with Gasteiger partial charge in [0, 0.05) is 6.07 Å². The molecule has 24 heavy (non-hydrogen) atoms. The maximum atomic E-state index is 11.1. The summed E-state index contributed by atoms with van der Waals surface area (Å²) in [5, 5.41) is 20.0. The molecule has 2 aromatic rings. The second kappa shape index (κ2) is 9.14. The second-order valence-electron chi connectivity index (χ2n) is 4.36. The highest BCUT2D eigenvalue weighted by molar-refractivity contribution is 5.93. The van der Waals surface area contributed by atoms with E-state index >= 15 is 0 Å². The Morgan fingerprint density at radius 1 is 1.17 bits per heavy atom. The molecular weight excluding hydrogens is 314 g/mol.